The second-order valence-electron chi connectivity index (χ2n) is 4.29. The molecule has 0 atom stereocenters. The molecule has 0 amide bonds. The molecule has 0 heterocycles. The molecular weight excluding hydrogens is 207 g/mol. The van der Waals surface area contributed by atoms with Crippen LogP contribution < -0.4 is 0 Å². The second-order valence-corrected chi connectivity index (χ2v) is 4.29. The number of aliphatic hydroxyl groups excluding tert-OH is 1. The zero-order chi connectivity index (χ0) is 14.6. The van der Waals surface area contributed by atoms with Gasteiger partial charge in [0.1, 0.15) is 0 Å². The van der Waals surface area contributed by atoms with Crippen molar-refractivity contribution in [3.63, 3.8) is 0 Å². The van der Waals surface area contributed by atoms with Crippen LogP contribution in [0.3, 0.4) is 0 Å². The first kappa shape index (κ1) is 21.0. The van der Waals surface area contributed by atoms with Crippen molar-refractivity contribution in [1.29, 1.82) is 0 Å². The highest BCUT2D eigenvalue weighted by Crippen LogP contribution is 1.96. The average molecular weight is 221 g/mol. The van der Waals surface area contributed by atoms with E-state index in [4.69, 9.17) is 51.5 Å². The summed E-state index contributed by atoms with van der Waals surface area (Å²) in [7, 11) is 33.5. The van der Waals surface area contributed by atoms with E-state index in [1.54, 1.807) is 0 Å². The summed E-state index contributed by atoms with van der Waals surface area (Å²) in [4.78, 5) is 0. The Hall–Kier alpha value is 0.674. The van der Waals surface area contributed by atoms with Crippen molar-refractivity contribution in [2.24, 2.45) is 0 Å². The molecule has 13 radical (unpaired) electrons. The molecule has 0 aliphatic heterocycles. The maximum absolute atomic E-state index is 8.29. The van der Waals surface area contributed by atoms with Crippen LogP contribution in [-0.2, 0) is 0 Å². The fraction of sp³-hybridized carbons (Fsp3) is 1.00. The zero-order valence-electron chi connectivity index (χ0n) is 11.3. The van der Waals surface area contributed by atoms with Gasteiger partial charge in [-0.05, 0) is 6.42 Å². The van der Waals surface area contributed by atoms with E-state index >= 15 is 0 Å². The Balaban J connectivity index is 0. The SMILES string of the molecule is CCCCCCO.[B][B]B([B])B(B([B])[B])B([B])[B]. The van der Waals surface area contributed by atoms with E-state index in [2.05, 4.69) is 6.92 Å². The van der Waals surface area contributed by atoms with Gasteiger partial charge in [-0.3, -0.25) is 0 Å². The van der Waals surface area contributed by atoms with Gasteiger partial charge in [-0.1, -0.05) is 26.2 Å². The Morgan fingerprint density at radius 1 is 0.944 bits per heavy atom. The molecule has 0 fully saturated rings. The van der Waals surface area contributed by atoms with Crippen LogP contribution in [0.5, 0.6) is 0 Å². The van der Waals surface area contributed by atoms with Crippen molar-refractivity contribution in [2.45, 2.75) is 32.6 Å². The van der Waals surface area contributed by atoms with Crippen LogP contribution >= 0.6 is 0 Å². The lowest BCUT2D eigenvalue weighted by atomic mass is 8.56. The molecule has 18 heavy (non-hydrogen) atoms. The quantitative estimate of drug-likeness (QED) is 0.351. The van der Waals surface area contributed by atoms with Crippen LogP contribution in [0.15, 0.2) is 0 Å². The smallest absolute Gasteiger partial charge is 0.0431 e. The Labute approximate surface area is 123 Å². The van der Waals surface area contributed by atoms with E-state index in [9.17, 15) is 0 Å². The fourth-order valence-corrected chi connectivity index (χ4v) is 1.44. The van der Waals surface area contributed by atoms with Gasteiger partial charge in [0.05, 0.1) is 0 Å². The summed E-state index contributed by atoms with van der Waals surface area (Å²) in [5.41, 5.74) is 0. The van der Waals surface area contributed by atoms with Gasteiger partial charge in [0.25, 0.3) is 0 Å². The number of hydrogen-bond acceptors (Lipinski definition) is 1. The molecular formula is C6H14B11O. The van der Waals surface area contributed by atoms with E-state index in [1.165, 1.54) is 26.3 Å². The van der Waals surface area contributed by atoms with Gasteiger partial charge in [0.2, 0.25) is 0 Å². The van der Waals surface area contributed by atoms with Crippen LogP contribution in [0.25, 0.3) is 0 Å². The summed E-state index contributed by atoms with van der Waals surface area (Å²) >= 11 is 0. The first-order chi connectivity index (χ1) is 8.42. The van der Waals surface area contributed by atoms with Gasteiger partial charge in [0.15, 0.2) is 0 Å². The second kappa shape index (κ2) is 14.1. The number of aliphatic hydroxyl groups is 1. The Morgan fingerprint density at radius 3 is 1.67 bits per heavy atom. The largest absolute Gasteiger partial charge is 0.396 e. The average Bonchev–Trinajstić information content (AvgIpc) is 2.29. The lowest BCUT2D eigenvalue weighted by molar-refractivity contribution is 0.283. The van der Waals surface area contributed by atoms with E-state index < -0.39 is 19.2 Å². The lowest BCUT2D eigenvalue weighted by Crippen LogP contribution is -2.63. The van der Waals surface area contributed by atoms with Gasteiger partial charge in [-0.25, -0.2) is 0 Å². The van der Waals surface area contributed by atoms with Crippen molar-refractivity contribution in [2.75, 3.05) is 6.61 Å². The Kier molecular flexibility index (Phi) is 16.4. The van der Waals surface area contributed by atoms with Crippen molar-refractivity contribution < 1.29 is 5.11 Å². The molecule has 0 aromatic heterocycles. The molecule has 1 N–H and O–H groups in total. The molecule has 0 saturated heterocycles. The Bertz CT molecular complexity index is 156. The summed E-state index contributed by atoms with van der Waals surface area (Å²) in [6.45, 7) is 2.53. The fourth-order valence-electron chi connectivity index (χ4n) is 1.44. The summed E-state index contributed by atoms with van der Waals surface area (Å²) in [5.74, 6) is 0. The minimum Gasteiger partial charge on any atom is -0.396 e. The van der Waals surface area contributed by atoms with E-state index in [0.717, 1.165) is 6.42 Å². The molecule has 0 rings (SSSR count). The normalized spacial score (nSPS) is 8.78. The highest BCUT2D eigenvalue weighted by molar-refractivity contribution is 8.01. The number of rotatable bonds is 8. The third-order valence-electron chi connectivity index (χ3n) is 2.57. The summed E-state index contributed by atoms with van der Waals surface area (Å²) in [6, 6.07) is 0. The molecule has 0 spiro atoms. The van der Waals surface area contributed by atoms with Crippen molar-refractivity contribution in [1.82, 2.24) is 0 Å². The molecule has 0 bridgehead atoms. The van der Waals surface area contributed by atoms with Crippen LogP contribution in [-0.4, -0.2) is 90.7 Å². The predicted molar refractivity (Wildman–Crippen MR) is 94.5 cm³/mol. The third-order valence-corrected chi connectivity index (χ3v) is 2.57. The molecule has 12 heteroatoms. The molecule has 77 valence electrons. The minimum atomic E-state index is -0.648. The van der Waals surface area contributed by atoms with Gasteiger partial charge >= 0.3 is 0 Å². The summed E-state index contributed by atoms with van der Waals surface area (Å²) in [6.07, 6.45) is 2.53. The van der Waals surface area contributed by atoms with Crippen LogP contribution in [0.1, 0.15) is 32.6 Å². The molecule has 0 aliphatic carbocycles. The molecule has 0 aliphatic rings. The summed E-state index contributed by atoms with van der Waals surface area (Å²) in [5, 5.41) is 8.29. The molecule has 0 aromatic rings. The van der Waals surface area contributed by atoms with E-state index in [1.807, 2.05) is 0 Å². The highest BCUT2D eigenvalue weighted by atomic mass is 16.2. The van der Waals surface area contributed by atoms with Gasteiger partial charge in [0, 0.05) is 85.6 Å². The summed E-state index contributed by atoms with van der Waals surface area (Å²) < 4.78 is 0. The van der Waals surface area contributed by atoms with Crippen LogP contribution in [0, 0.1) is 0 Å². The van der Waals surface area contributed by atoms with Gasteiger partial charge in [-0.15, -0.1) is 0 Å². The number of hydrogen-bond donors (Lipinski definition) is 1. The van der Waals surface area contributed by atoms with Crippen molar-refractivity contribution >= 4 is 79.0 Å². The van der Waals surface area contributed by atoms with Crippen LogP contribution in [0.2, 0.25) is 0 Å². The maximum Gasteiger partial charge on any atom is 0.0431 e. The van der Waals surface area contributed by atoms with Gasteiger partial charge in [-0.2, -0.15) is 0 Å². The highest BCUT2D eigenvalue weighted by Gasteiger charge is 2.26. The van der Waals surface area contributed by atoms with Crippen molar-refractivity contribution in [3.8, 4) is 0 Å². The third kappa shape index (κ3) is 11.7. The van der Waals surface area contributed by atoms with E-state index in [0.29, 0.717) is 6.61 Å². The topological polar surface area (TPSA) is 20.2 Å². The first-order valence-corrected chi connectivity index (χ1v) is 6.36. The lowest BCUT2D eigenvalue weighted by Gasteiger charge is -2.25. The Morgan fingerprint density at radius 2 is 1.44 bits per heavy atom. The molecule has 1 nitrogen and oxygen atoms in total. The zero-order valence-corrected chi connectivity index (χ0v) is 11.3. The first-order valence-electron chi connectivity index (χ1n) is 6.36. The predicted octanol–water partition coefficient (Wildman–Crippen LogP) is -2.63. The number of unbranched alkanes of at least 4 members (excludes halogenated alkanes) is 3. The standard InChI is InChI=1S/C6H14O.B11/c1-2-3-4-5-6-7;1-7-10(6)11(8(2)3)9(4)5/h7H,2-6H2,1H3;. The molecule has 0 saturated carbocycles. The minimum absolute atomic E-state index is 0.361. The van der Waals surface area contributed by atoms with Crippen LogP contribution in [0.4, 0.5) is 0 Å². The maximum atomic E-state index is 8.29. The monoisotopic (exact) mass is 223 g/mol. The van der Waals surface area contributed by atoms with Gasteiger partial charge < -0.3 is 5.11 Å². The molecule has 0 unspecified atom stereocenters. The molecule has 0 aromatic carbocycles. The van der Waals surface area contributed by atoms with E-state index in [-0.39, 0.29) is 6.39 Å². The van der Waals surface area contributed by atoms with Crippen molar-refractivity contribution in [3.05, 3.63) is 0 Å².